The summed E-state index contributed by atoms with van der Waals surface area (Å²) in [4.78, 5) is 4.34. The molecule has 3 nitrogen and oxygen atoms in total. The highest BCUT2D eigenvalue weighted by Gasteiger charge is 2.16. The minimum atomic E-state index is -0.880. The van der Waals surface area contributed by atoms with Crippen LogP contribution in [0.1, 0.15) is 18.1 Å². The van der Waals surface area contributed by atoms with Gasteiger partial charge in [0.25, 0.3) is 0 Å². The molecule has 0 fully saturated rings. The number of allylic oxidation sites excluding steroid dienone is 1. The molecule has 0 saturated heterocycles. The molecule has 5 heteroatoms. The maximum Gasteiger partial charge on any atom is 0.168 e. The summed E-state index contributed by atoms with van der Waals surface area (Å²) in [7, 11) is 1.59. The van der Waals surface area contributed by atoms with E-state index in [-0.39, 0.29) is 0 Å². The third-order valence-electron chi connectivity index (χ3n) is 3.73. The lowest BCUT2D eigenvalue weighted by molar-refractivity contribution is 0.310. The summed E-state index contributed by atoms with van der Waals surface area (Å²) in [5.41, 5.74) is 2.75. The first-order chi connectivity index (χ1) is 11.6. The topological polar surface area (TPSA) is 30.8 Å². The number of methoxy groups -OCH3 is 1. The van der Waals surface area contributed by atoms with Gasteiger partial charge >= 0.3 is 0 Å². The molecule has 2 aromatic rings. The maximum atomic E-state index is 13.3. The Balaban J connectivity index is 1.86. The normalized spacial score (nSPS) is 13.1. The van der Waals surface area contributed by atoms with E-state index in [9.17, 15) is 8.78 Å². The van der Waals surface area contributed by atoms with Crippen molar-refractivity contribution in [1.29, 1.82) is 0 Å². The van der Waals surface area contributed by atoms with Gasteiger partial charge in [0.1, 0.15) is 0 Å². The number of para-hydroxylation sites is 1. The summed E-state index contributed by atoms with van der Waals surface area (Å²) in [5.74, 6) is -0.415. The van der Waals surface area contributed by atoms with E-state index in [0.29, 0.717) is 35.8 Å². The van der Waals surface area contributed by atoms with Crippen LogP contribution < -0.4 is 9.47 Å². The van der Waals surface area contributed by atoms with Gasteiger partial charge in [-0.25, -0.2) is 8.78 Å². The fourth-order valence-electron chi connectivity index (χ4n) is 2.62. The molecule has 1 aliphatic heterocycles. The maximum absolute atomic E-state index is 13.3. The van der Waals surface area contributed by atoms with Crippen LogP contribution >= 0.6 is 0 Å². The molecule has 0 saturated carbocycles. The van der Waals surface area contributed by atoms with E-state index >= 15 is 0 Å². The minimum absolute atomic E-state index is 0.469. The molecule has 24 heavy (non-hydrogen) atoms. The molecule has 0 N–H and O–H groups in total. The third kappa shape index (κ3) is 3.15. The third-order valence-corrected chi connectivity index (χ3v) is 3.73. The lowest BCUT2D eigenvalue weighted by Gasteiger charge is -2.11. The first-order valence-corrected chi connectivity index (χ1v) is 7.65. The highest BCUT2D eigenvalue weighted by atomic mass is 19.2. The van der Waals surface area contributed by atoms with Crippen LogP contribution in [0.4, 0.5) is 14.5 Å². The monoisotopic (exact) mass is 329 g/mol. The molecule has 0 atom stereocenters. The van der Waals surface area contributed by atoms with Crippen molar-refractivity contribution in [2.45, 2.75) is 13.3 Å². The molecule has 0 aliphatic carbocycles. The van der Waals surface area contributed by atoms with Crippen LogP contribution in [-0.2, 0) is 6.42 Å². The van der Waals surface area contributed by atoms with E-state index in [4.69, 9.17) is 9.47 Å². The summed E-state index contributed by atoms with van der Waals surface area (Å²) in [6, 6.07) is 7.94. The average molecular weight is 329 g/mol. The van der Waals surface area contributed by atoms with Gasteiger partial charge in [0.05, 0.1) is 19.4 Å². The van der Waals surface area contributed by atoms with Crippen molar-refractivity contribution in [3.05, 3.63) is 59.2 Å². The lowest BCUT2D eigenvalue weighted by Crippen LogP contribution is -1.98. The second-order valence-corrected chi connectivity index (χ2v) is 5.32. The number of ether oxygens (including phenoxy) is 2. The smallest absolute Gasteiger partial charge is 0.168 e. The molecule has 0 amide bonds. The largest absolute Gasteiger partial charge is 0.493 e. The molecular weight excluding hydrogens is 312 g/mol. The van der Waals surface area contributed by atoms with E-state index in [1.165, 1.54) is 6.07 Å². The zero-order valence-electron chi connectivity index (χ0n) is 13.5. The SMILES string of the molecule is CCOc1c(/C=C/C2=Nc3cc(F)c(F)cc3C2)cccc1OC. The summed E-state index contributed by atoms with van der Waals surface area (Å²) in [6.07, 6.45) is 4.16. The van der Waals surface area contributed by atoms with Crippen LogP contribution in [0.5, 0.6) is 11.5 Å². The molecule has 124 valence electrons. The second kappa shape index (κ2) is 6.83. The molecule has 2 aromatic carbocycles. The highest BCUT2D eigenvalue weighted by molar-refractivity contribution is 6.04. The Hall–Kier alpha value is -2.69. The van der Waals surface area contributed by atoms with Gasteiger partial charge in [-0.2, -0.15) is 0 Å². The number of hydrogen-bond acceptors (Lipinski definition) is 3. The number of fused-ring (bicyclic) bond motifs is 1. The van der Waals surface area contributed by atoms with Crippen LogP contribution in [0, 0.1) is 11.6 Å². The van der Waals surface area contributed by atoms with Crippen LogP contribution in [0.25, 0.3) is 6.08 Å². The van der Waals surface area contributed by atoms with E-state index in [1.807, 2.05) is 37.3 Å². The van der Waals surface area contributed by atoms with Crippen molar-refractivity contribution >= 4 is 17.5 Å². The van der Waals surface area contributed by atoms with Crippen molar-refractivity contribution in [3.8, 4) is 11.5 Å². The highest BCUT2D eigenvalue weighted by Crippen LogP contribution is 2.33. The number of hydrogen-bond donors (Lipinski definition) is 0. The molecule has 0 unspecified atom stereocenters. The predicted molar refractivity (Wildman–Crippen MR) is 90.4 cm³/mol. The standard InChI is InChI=1S/C19H17F2NO2/c1-3-24-19-12(5-4-6-18(19)23-2)7-8-14-9-13-10-15(20)16(21)11-17(13)22-14/h4-8,10-11H,3,9H2,1-2H3/b8-7+. The molecule has 3 rings (SSSR count). The Kier molecular flexibility index (Phi) is 4.60. The Morgan fingerprint density at radius 3 is 2.71 bits per heavy atom. The van der Waals surface area contributed by atoms with Gasteiger partial charge in [-0.15, -0.1) is 0 Å². The van der Waals surface area contributed by atoms with Gasteiger partial charge in [0.15, 0.2) is 23.1 Å². The molecule has 1 aliphatic rings. The molecule has 1 heterocycles. The van der Waals surface area contributed by atoms with Crippen molar-refractivity contribution in [2.75, 3.05) is 13.7 Å². The molecule has 0 radical (unpaired) electrons. The Morgan fingerprint density at radius 2 is 1.96 bits per heavy atom. The van der Waals surface area contributed by atoms with Gasteiger partial charge < -0.3 is 9.47 Å². The molecule has 0 aromatic heterocycles. The number of aliphatic imine (C=N–C) groups is 1. The fraction of sp³-hybridized carbons (Fsp3) is 0.211. The van der Waals surface area contributed by atoms with Gasteiger partial charge in [-0.1, -0.05) is 12.1 Å². The van der Waals surface area contributed by atoms with Gasteiger partial charge in [-0.05, 0) is 36.8 Å². The number of nitrogens with zero attached hydrogens (tertiary/aromatic N) is 1. The number of rotatable bonds is 5. The zero-order chi connectivity index (χ0) is 17.1. The fourth-order valence-corrected chi connectivity index (χ4v) is 2.62. The first-order valence-electron chi connectivity index (χ1n) is 7.65. The van der Waals surface area contributed by atoms with Crippen molar-refractivity contribution < 1.29 is 18.3 Å². The number of benzene rings is 2. The Bertz CT molecular complexity index is 828. The van der Waals surface area contributed by atoms with Gasteiger partial charge in [-0.3, -0.25) is 4.99 Å². The predicted octanol–water partition coefficient (Wildman–Crippen LogP) is 4.71. The van der Waals surface area contributed by atoms with Crippen molar-refractivity contribution in [3.63, 3.8) is 0 Å². The molecular formula is C19H17F2NO2. The van der Waals surface area contributed by atoms with Crippen LogP contribution in [0.2, 0.25) is 0 Å². The van der Waals surface area contributed by atoms with Crippen molar-refractivity contribution in [1.82, 2.24) is 0 Å². The van der Waals surface area contributed by atoms with Crippen LogP contribution in [-0.4, -0.2) is 19.4 Å². The summed E-state index contributed by atoms with van der Waals surface area (Å²) in [5, 5.41) is 0. The molecule has 0 spiro atoms. The van der Waals surface area contributed by atoms with Crippen LogP contribution in [0.15, 0.2) is 41.4 Å². The molecule has 0 bridgehead atoms. The van der Waals surface area contributed by atoms with E-state index in [2.05, 4.69) is 4.99 Å². The summed E-state index contributed by atoms with van der Waals surface area (Å²) >= 11 is 0. The number of halogens is 2. The first kappa shape index (κ1) is 16.2. The van der Waals surface area contributed by atoms with E-state index < -0.39 is 11.6 Å². The van der Waals surface area contributed by atoms with Gasteiger partial charge in [0.2, 0.25) is 0 Å². The zero-order valence-corrected chi connectivity index (χ0v) is 13.5. The van der Waals surface area contributed by atoms with Crippen LogP contribution in [0.3, 0.4) is 0 Å². The minimum Gasteiger partial charge on any atom is -0.493 e. The van der Waals surface area contributed by atoms with Gasteiger partial charge in [0, 0.05) is 23.8 Å². The quantitative estimate of drug-likeness (QED) is 0.795. The average Bonchev–Trinajstić information content (AvgIpc) is 2.96. The second-order valence-electron chi connectivity index (χ2n) is 5.32. The van der Waals surface area contributed by atoms with E-state index in [0.717, 1.165) is 17.3 Å². The van der Waals surface area contributed by atoms with Crippen molar-refractivity contribution in [2.24, 2.45) is 4.99 Å². The summed E-state index contributed by atoms with van der Waals surface area (Å²) in [6.45, 7) is 2.42. The Morgan fingerprint density at radius 1 is 1.17 bits per heavy atom. The summed E-state index contributed by atoms with van der Waals surface area (Å²) < 4.78 is 37.5. The lowest BCUT2D eigenvalue weighted by atomic mass is 10.1. The van der Waals surface area contributed by atoms with E-state index in [1.54, 1.807) is 7.11 Å². The Labute approximate surface area is 139 Å².